The van der Waals surface area contributed by atoms with Crippen molar-refractivity contribution in [2.45, 2.75) is 113 Å². The van der Waals surface area contributed by atoms with E-state index in [4.69, 9.17) is 33.5 Å². The lowest BCUT2D eigenvalue weighted by Gasteiger charge is -2.30. The number of carbonyl (C=O) groups excluding carboxylic acids is 8. The zero-order valence-electron chi connectivity index (χ0n) is 38.9. The van der Waals surface area contributed by atoms with Crippen LogP contribution >= 0.6 is 11.8 Å². The molecule has 0 spiro atoms. The first kappa shape index (κ1) is 57.8. The summed E-state index contributed by atoms with van der Waals surface area (Å²) >= 11 is 1.09. The monoisotopic (exact) mass is 1010 g/mol. The van der Waals surface area contributed by atoms with Gasteiger partial charge in [-0.15, -0.1) is 0 Å². The number of hydrogen-bond donors (Lipinski definition) is 14. The average molecular weight is 1010 g/mol. The van der Waals surface area contributed by atoms with Gasteiger partial charge in [-0.1, -0.05) is 42.5 Å². The summed E-state index contributed by atoms with van der Waals surface area (Å²) in [5.41, 5.74) is 23.6. The lowest BCUT2D eigenvalue weighted by Crippen LogP contribution is -2.60. The fraction of sp³-hybridized carbons (Fsp3) is 0.489. The molecule has 2 aromatic rings. The first-order chi connectivity index (χ1) is 33.6. The number of benzene rings is 2. The molecule has 3 rings (SSSR count). The van der Waals surface area contributed by atoms with Crippen molar-refractivity contribution in [3.8, 4) is 5.75 Å². The molecular formula is C45H64N12O13S. The summed E-state index contributed by atoms with van der Waals surface area (Å²) in [5.74, 6) is -10.1. The van der Waals surface area contributed by atoms with Crippen LogP contribution in [-0.2, 0) is 60.8 Å². The number of nitrogens with zero attached hydrogens (tertiary/aromatic N) is 1. The molecule has 0 saturated carbocycles. The Morgan fingerprint density at radius 1 is 0.690 bits per heavy atom. The van der Waals surface area contributed by atoms with Crippen LogP contribution in [0.1, 0.15) is 68.9 Å². The highest BCUT2D eigenvalue weighted by atomic mass is 32.2. The van der Waals surface area contributed by atoms with Crippen LogP contribution in [0.25, 0.3) is 0 Å². The van der Waals surface area contributed by atoms with Gasteiger partial charge in [-0.3, -0.25) is 48.6 Å². The molecular weight excluding hydrogens is 949 g/mol. The van der Waals surface area contributed by atoms with Gasteiger partial charge in [0, 0.05) is 38.1 Å². The number of rotatable bonds is 31. The third-order valence-electron chi connectivity index (χ3n) is 11.0. The Morgan fingerprint density at radius 3 is 1.92 bits per heavy atom. The molecule has 6 unspecified atom stereocenters. The highest BCUT2D eigenvalue weighted by molar-refractivity contribution is 7.99. The Kier molecular flexibility index (Phi) is 24.1. The number of nitrogens with one attached hydrogen (secondary N) is 7. The van der Waals surface area contributed by atoms with E-state index >= 15 is 0 Å². The molecule has 1 aliphatic heterocycles. The standard InChI is InChI=1S/C45H64N12O13S/c46-28(21-26-12-14-27(58)15-13-26)38(63)54-31(22-25-7-2-1-3-8-25)40(65)52-29(16-17-35(47)59)39(64)55-32(23-36(48)60)41(66)56-33(24-71-20-6-11-37(61)62)43(68)57-19-5-10-34(57)42(67)53-30(44(69)70)9-4-18-51-45(49)50/h1-3,7-8,12-15,28-34,58H,4-6,9-11,16-24,46H2,(H2,47,59)(H2,48,60)(H,52,65)(H,53,67)(H,54,63)(H,55,64)(H,56,66)(H,61,62)(H,69,70)(H4,49,50,51)/t28?,29?,30-,31?,32?,33?,34?/m1/s1. The maximum Gasteiger partial charge on any atom is 0.326 e. The fourth-order valence-electron chi connectivity index (χ4n) is 7.36. The van der Waals surface area contributed by atoms with Crippen molar-refractivity contribution >= 4 is 76.9 Å². The van der Waals surface area contributed by atoms with E-state index < -0.39 is 121 Å². The van der Waals surface area contributed by atoms with E-state index in [1.807, 2.05) is 0 Å². The maximum absolute atomic E-state index is 14.3. The molecule has 71 heavy (non-hydrogen) atoms. The normalized spacial score (nSPS) is 15.6. The molecule has 0 bridgehead atoms. The summed E-state index contributed by atoms with van der Waals surface area (Å²) in [6.07, 6.45) is -1.18. The third kappa shape index (κ3) is 21.0. The maximum atomic E-state index is 14.3. The fourth-order valence-corrected chi connectivity index (χ4v) is 8.34. The second-order valence-electron chi connectivity index (χ2n) is 16.7. The summed E-state index contributed by atoms with van der Waals surface area (Å²) in [4.78, 5) is 132. The summed E-state index contributed by atoms with van der Waals surface area (Å²) in [7, 11) is 0. The number of thioether (sulfide) groups is 1. The zero-order chi connectivity index (χ0) is 52.6. The lowest BCUT2D eigenvalue weighted by atomic mass is 10.0. The summed E-state index contributed by atoms with van der Waals surface area (Å²) in [6, 6.07) is 4.54. The van der Waals surface area contributed by atoms with Crippen molar-refractivity contribution in [2.24, 2.45) is 22.9 Å². The highest BCUT2D eigenvalue weighted by Crippen LogP contribution is 2.21. The number of carboxylic acids is 2. The number of phenols is 1. The summed E-state index contributed by atoms with van der Waals surface area (Å²) < 4.78 is 0. The molecule has 0 radical (unpaired) electrons. The van der Waals surface area contributed by atoms with Crippen molar-refractivity contribution in [3.05, 3.63) is 65.7 Å². The molecule has 388 valence electrons. The van der Waals surface area contributed by atoms with E-state index in [9.17, 15) is 58.2 Å². The summed E-state index contributed by atoms with van der Waals surface area (Å²) in [5, 5.41) is 50.8. The van der Waals surface area contributed by atoms with E-state index in [-0.39, 0.29) is 81.3 Å². The Hall–Kier alpha value is -7.48. The minimum atomic E-state index is -1.80. The van der Waals surface area contributed by atoms with E-state index in [0.717, 1.165) is 16.7 Å². The van der Waals surface area contributed by atoms with Crippen LogP contribution in [0.4, 0.5) is 0 Å². The quantitative estimate of drug-likeness (QED) is 0.0203. The van der Waals surface area contributed by atoms with Crippen LogP contribution in [0.2, 0.25) is 0 Å². The molecule has 7 atom stereocenters. The Labute approximate surface area is 413 Å². The molecule has 2 aromatic carbocycles. The molecule has 26 heteroatoms. The van der Waals surface area contributed by atoms with Crippen molar-refractivity contribution in [1.29, 1.82) is 5.41 Å². The van der Waals surface area contributed by atoms with E-state index in [0.29, 0.717) is 17.5 Å². The van der Waals surface area contributed by atoms with Crippen LogP contribution in [0.15, 0.2) is 54.6 Å². The SMILES string of the molecule is N=C(N)NCCC[C@@H](NC(=O)C1CCCN1C(=O)C(CSCCCC(=O)O)NC(=O)C(CC(N)=O)NC(=O)C(CCC(N)=O)NC(=O)C(Cc1ccccc1)NC(=O)C(N)Cc1ccc(O)cc1)C(=O)O. The second kappa shape index (κ2) is 29.5. The predicted molar refractivity (Wildman–Crippen MR) is 258 cm³/mol. The molecule has 25 nitrogen and oxygen atoms in total. The van der Waals surface area contributed by atoms with Crippen LogP contribution in [-0.4, -0.2) is 152 Å². The van der Waals surface area contributed by atoms with Crippen molar-refractivity contribution in [2.75, 3.05) is 24.6 Å². The predicted octanol–water partition coefficient (Wildman–Crippen LogP) is -2.99. The number of aromatic hydroxyl groups is 1. The summed E-state index contributed by atoms with van der Waals surface area (Å²) in [6.45, 7) is 0.176. The minimum Gasteiger partial charge on any atom is -0.508 e. The van der Waals surface area contributed by atoms with Crippen molar-refractivity contribution in [3.63, 3.8) is 0 Å². The molecule has 0 aromatic heterocycles. The number of phenolic OH excluding ortho intramolecular Hbond substituents is 1. The number of amides is 8. The van der Waals surface area contributed by atoms with Gasteiger partial charge in [0.05, 0.1) is 12.5 Å². The molecule has 0 aliphatic carbocycles. The zero-order valence-corrected chi connectivity index (χ0v) is 39.7. The van der Waals surface area contributed by atoms with Crippen LogP contribution in [0, 0.1) is 5.41 Å². The number of carboxylic acid groups (broad SMARTS) is 2. The number of guanidine groups is 1. The van der Waals surface area contributed by atoms with E-state index in [1.165, 1.54) is 12.1 Å². The van der Waals surface area contributed by atoms with Crippen LogP contribution in [0.3, 0.4) is 0 Å². The Morgan fingerprint density at radius 2 is 1.30 bits per heavy atom. The van der Waals surface area contributed by atoms with Gasteiger partial charge in [0.2, 0.25) is 47.3 Å². The second-order valence-corrected chi connectivity index (χ2v) is 17.9. The Balaban J connectivity index is 1.86. The minimum absolute atomic E-state index is 0.00127. The van der Waals surface area contributed by atoms with Gasteiger partial charge in [0.1, 0.15) is 42.0 Å². The van der Waals surface area contributed by atoms with Crippen molar-refractivity contribution < 1.29 is 63.3 Å². The van der Waals surface area contributed by atoms with Crippen LogP contribution < -0.4 is 54.8 Å². The van der Waals surface area contributed by atoms with Gasteiger partial charge in [0.25, 0.3) is 0 Å². The molecule has 1 aliphatic rings. The van der Waals surface area contributed by atoms with Gasteiger partial charge in [-0.2, -0.15) is 11.8 Å². The van der Waals surface area contributed by atoms with Gasteiger partial charge < -0.3 is 75.1 Å². The first-order valence-electron chi connectivity index (χ1n) is 22.7. The smallest absolute Gasteiger partial charge is 0.326 e. The number of nitrogens with two attached hydrogens (primary N) is 4. The number of hydrogen-bond acceptors (Lipinski definition) is 14. The lowest BCUT2D eigenvalue weighted by molar-refractivity contribution is -0.145. The van der Waals surface area contributed by atoms with Gasteiger partial charge in [-0.25, -0.2) is 4.79 Å². The van der Waals surface area contributed by atoms with Gasteiger partial charge in [-0.05, 0) is 74.0 Å². The topological polar surface area (TPSA) is 435 Å². The highest BCUT2D eigenvalue weighted by Gasteiger charge is 2.40. The molecule has 18 N–H and O–H groups in total. The number of carbonyl (C=O) groups is 10. The molecule has 1 fully saturated rings. The van der Waals surface area contributed by atoms with Gasteiger partial charge >= 0.3 is 11.9 Å². The third-order valence-corrected chi connectivity index (χ3v) is 12.2. The van der Waals surface area contributed by atoms with Gasteiger partial charge in [0.15, 0.2) is 5.96 Å². The number of primary amides is 2. The van der Waals surface area contributed by atoms with E-state index in [1.54, 1.807) is 42.5 Å². The van der Waals surface area contributed by atoms with E-state index in [2.05, 4.69) is 31.9 Å². The van der Waals surface area contributed by atoms with Crippen molar-refractivity contribution in [1.82, 2.24) is 36.8 Å². The number of aliphatic carboxylic acids is 2. The first-order valence-corrected chi connectivity index (χ1v) is 23.9. The number of likely N-dealkylation sites (tertiary alicyclic amines) is 1. The Bertz CT molecular complexity index is 2200. The average Bonchev–Trinajstić information content (AvgIpc) is 3.81. The van der Waals surface area contributed by atoms with Crippen LogP contribution in [0.5, 0.6) is 5.75 Å². The molecule has 1 heterocycles. The molecule has 1 saturated heterocycles. The molecule has 8 amide bonds. The largest absolute Gasteiger partial charge is 0.508 e.